The van der Waals surface area contributed by atoms with Crippen molar-refractivity contribution in [1.29, 1.82) is 5.26 Å². The monoisotopic (exact) mass is 299 g/mol. The van der Waals surface area contributed by atoms with E-state index in [4.69, 9.17) is 11.0 Å². The molecule has 0 saturated carbocycles. The van der Waals surface area contributed by atoms with Crippen LogP contribution in [-0.4, -0.2) is 27.0 Å². The number of nitrogen functional groups attached to an aromatic ring is 1. The molecule has 0 aromatic heterocycles. The standard InChI is InChI=1S/C12H17N3O2S2/c1-18-7-3-2-6-15-19(16,17)12-5-4-11(14)8-10(12)9-13/h4-5,8,15H,2-3,6-7,14H2,1H3. The number of anilines is 1. The van der Waals surface area contributed by atoms with E-state index in [0.717, 1.165) is 18.6 Å². The average Bonchev–Trinajstić information content (AvgIpc) is 2.38. The highest BCUT2D eigenvalue weighted by atomic mass is 32.2. The van der Waals surface area contributed by atoms with Crippen LogP contribution in [0.5, 0.6) is 0 Å². The molecular weight excluding hydrogens is 282 g/mol. The summed E-state index contributed by atoms with van der Waals surface area (Å²) >= 11 is 1.73. The minimum Gasteiger partial charge on any atom is -0.399 e. The summed E-state index contributed by atoms with van der Waals surface area (Å²) in [6.45, 7) is 0.373. The molecule has 1 aromatic rings. The molecule has 0 spiro atoms. The van der Waals surface area contributed by atoms with Crippen LogP contribution in [0.3, 0.4) is 0 Å². The Morgan fingerprint density at radius 1 is 1.42 bits per heavy atom. The predicted octanol–water partition coefficient (Wildman–Crippen LogP) is 1.56. The number of unbranched alkanes of at least 4 members (excludes halogenated alkanes) is 1. The Balaban J connectivity index is 2.75. The third kappa shape index (κ3) is 4.74. The number of nitriles is 1. The molecule has 0 saturated heterocycles. The predicted molar refractivity (Wildman–Crippen MR) is 78.4 cm³/mol. The molecule has 104 valence electrons. The van der Waals surface area contributed by atoms with Crippen molar-refractivity contribution in [3.05, 3.63) is 23.8 Å². The van der Waals surface area contributed by atoms with Gasteiger partial charge in [0, 0.05) is 12.2 Å². The van der Waals surface area contributed by atoms with Crippen LogP contribution in [-0.2, 0) is 10.0 Å². The number of hydrogen-bond acceptors (Lipinski definition) is 5. The molecule has 0 bridgehead atoms. The topological polar surface area (TPSA) is 96.0 Å². The maximum absolute atomic E-state index is 12.0. The molecule has 19 heavy (non-hydrogen) atoms. The highest BCUT2D eigenvalue weighted by Gasteiger charge is 2.17. The fourth-order valence-corrected chi connectivity index (χ4v) is 3.23. The van der Waals surface area contributed by atoms with Crippen LogP contribution in [0.1, 0.15) is 18.4 Å². The van der Waals surface area contributed by atoms with Gasteiger partial charge in [-0.25, -0.2) is 13.1 Å². The Labute approximate surface area is 118 Å². The van der Waals surface area contributed by atoms with Gasteiger partial charge in [0.25, 0.3) is 0 Å². The van der Waals surface area contributed by atoms with Crippen molar-refractivity contribution < 1.29 is 8.42 Å². The van der Waals surface area contributed by atoms with E-state index in [-0.39, 0.29) is 10.5 Å². The van der Waals surface area contributed by atoms with E-state index in [9.17, 15) is 8.42 Å². The molecule has 0 radical (unpaired) electrons. The number of sulfonamides is 1. The van der Waals surface area contributed by atoms with Crippen molar-refractivity contribution >= 4 is 27.5 Å². The lowest BCUT2D eigenvalue weighted by Gasteiger charge is -2.08. The van der Waals surface area contributed by atoms with E-state index in [1.165, 1.54) is 18.2 Å². The van der Waals surface area contributed by atoms with E-state index in [1.54, 1.807) is 11.8 Å². The summed E-state index contributed by atoms with van der Waals surface area (Å²) in [5.41, 5.74) is 5.97. The van der Waals surface area contributed by atoms with Crippen molar-refractivity contribution in [2.45, 2.75) is 17.7 Å². The Kier molecular flexibility index (Phi) is 6.15. The van der Waals surface area contributed by atoms with E-state index in [0.29, 0.717) is 12.2 Å². The highest BCUT2D eigenvalue weighted by molar-refractivity contribution is 7.98. The summed E-state index contributed by atoms with van der Waals surface area (Å²) in [7, 11) is -3.64. The van der Waals surface area contributed by atoms with Crippen molar-refractivity contribution in [2.24, 2.45) is 0 Å². The number of benzene rings is 1. The fraction of sp³-hybridized carbons (Fsp3) is 0.417. The first-order valence-corrected chi connectivity index (χ1v) is 8.67. The first-order valence-electron chi connectivity index (χ1n) is 5.79. The summed E-state index contributed by atoms with van der Waals surface area (Å²) in [4.78, 5) is -0.0194. The highest BCUT2D eigenvalue weighted by Crippen LogP contribution is 2.17. The molecule has 7 heteroatoms. The molecular formula is C12H17N3O2S2. The second-order valence-electron chi connectivity index (χ2n) is 3.97. The zero-order chi connectivity index (χ0) is 14.3. The second kappa shape index (κ2) is 7.38. The van der Waals surface area contributed by atoms with Gasteiger partial charge in [-0.05, 0) is 43.0 Å². The minimum atomic E-state index is -3.64. The molecule has 3 N–H and O–H groups in total. The van der Waals surface area contributed by atoms with Crippen molar-refractivity contribution in [1.82, 2.24) is 4.72 Å². The fourth-order valence-electron chi connectivity index (χ4n) is 1.52. The van der Waals surface area contributed by atoms with Crippen LogP contribution in [0.25, 0.3) is 0 Å². The lowest BCUT2D eigenvalue weighted by molar-refractivity contribution is 0.578. The number of rotatable bonds is 7. The Morgan fingerprint density at radius 3 is 2.79 bits per heavy atom. The molecule has 0 fully saturated rings. The Hall–Kier alpha value is -1.23. The quantitative estimate of drug-likeness (QED) is 0.588. The number of nitrogens with one attached hydrogen (secondary N) is 1. The van der Waals surface area contributed by atoms with Gasteiger partial charge in [-0.1, -0.05) is 0 Å². The maximum atomic E-state index is 12.0. The Bertz CT molecular complexity index is 565. The van der Waals surface area contributed by atoms with Crippen molar-refractivity contribution in [3.8, 4) is 6.07 Å². The molecule has 5 nitrogen and oxygen atoms in total. The van der Waals surface area contributed by atoms with Gasteiger partial charge < -0.3 is 5.73 Å². The molecule has 1 aromatic carbocycles. The average molecular weight is 299 g/mol. The maximum Gasteiger partial charge on any atom is 0.241 e. The summed E-state index contributed by atoms with van der Waals surface area (Å²) in [5, 5.41) is 8.95. The second-order valence-corrected chi connectivity index (χ2v) is 6.69. The van der Waals surface area contributed by atoms with Crippen LogP contribution in [0, 0.1) is 11.3 Å². The van der Waals surface area contributed by atoms with Crippen LogP contribution in [0.15, 0.2) is 23.1 Å². The van der Waals surface area contributed by atoms with Gasteiger partial charge >= 0.3 is 0 Å². The van der Waals surface area contributed by atoms with Gasteiger partial charge in [-0.3, -0.25) is 0 Å². The molecule has 0 aliphatic heterocycles. The molecule has 0 atom stereocenters. The Morgan fingerprint density at radius 2 is 2.16 bits per heavy atom. The van der Waals surface area contributed by atoms with E-state index in [2.05, 4.69) is 4.72 Å². The number of nitrogens with zero attached hydrogens (tertiary/aromatic N) is 1. The first kappa shape index (κ1) is 15.8. The van der Waals surface area contributed by atoms with Gasteiger partial charge in [0.15, 0.2) is 0 Å². The van der Waals surface area contributed by atoms with E-state index < -0.39 is 10.0 Å². The van der Waals surface area contributed by atoms with Crippen molar-refractivity contribution in [3.63, 3.8) is 0 Å². The van der Waals surface area contributed by atoms with Gasteiger partial charge in [0.1, 0.15) is 6.07 Å². The first-order chi connectivity index (χ1) is 9.01. The minimum absolute atomic E-state index is 0.0194. The smallest absolute Gasteiger partial charge is 0.241 e. The molecule has 0 aliphatic carbocycles. The zero-order valence-corrected chi connectivity index (χ0v) is 12.4. The van der Waals surface area contributed by atoms with E-state index >= 15 is 0 Å². The van der Waals surface area contributed by atoms with Crippen LogP contribution >= 0.6 is 11.8 Å². The SMILES string of the molecule is CSCCCCNS(=O)(=O)c1ccc(N)cc1C#N. The van der Waals surface area contributed by atoms with Crippen LogP contribution < -0.4 is 10.5 Å². The summed E-state index contributed by atoms with van der Waals surface area (Å²) in [6.07, 6.45) is 3.74. The number of nitrogens with two attached hydrogens (primary N) is 1. The van der Waals surface area contributed by atoms with Gasteiger partial charge in [0.05, 0.1) is 10.5 Å². The van der Waals surface area contributed by atoms with E-state index in [1.807, 2.05) is 12.3 Å². The van der Waals surface area contributed by atoms with Crippen LogP contribution in [0.2, 0.25) is 0 Å². The van der Waals surface area contributed by atoms with Gasteiger partial charge in [0.2, 0.25) is 10.0 Å². The summed E-state index contributed by atoms with van der Waals surface area (Å²) in [5.74, 6) is 1.01. The lowest BCUT2D eigenvalue weighted by atomic mass is 10.2. The molecule has 0 heterocycles. The van der Waals surface area contributed by atoms with Crippen molar-refractivity contribution in [2.75, 3.05) is 24.3 Å². The van der Waals surface area contributed by atoms with Crippen LogP contribution in [0.4, 0.5) is 5.69 Å². The number of thioether (sulfide) groups is 1. The molecule has 0 amide bonds. The third-order valence-corrected chi connectivity index (χ3v) is 4.70. The third-order valence-electron chi connectivity index (χ3n) is 2.48. The van der Waals surface area contributed by atoms with Gasteiger partial charge in [-0.15, -0.1) is 0 Å². The van der Waals surface area contributed by atoms with Gasteiger partial charge in [-0.2, -0.15) is 17.0 Å². The lowest BCUT2D eigenvalue weighted by Crippen LogP contribution is -2.25. The molecule has 1 rings (SSSR count). The molecule has 0 aliphatic rings. The normalized spacial score (nSPS) is 11.2. The zero-order valence-electron chi connectivity index (χ0n) is 10.7. The largest absolute Gasteiger partial charge is 0.399 e. The summed E-state index contributed by atoms with van der Waals surface area (Å²) in [6, 6.07) is 6.05. The molecule has 0 unspecified atom stereocenters. The summed E-state index contributed by atoms with van der Waals surface area (Å²) < 4.78 is 26.6. The number of hydrogen-bond donors (Lipinski definition) is 2.